The normalized spacial score (nSPS) is 10.8. The van der Waals surface area contributed by atoms with Crippen LogP contribution in [0.25, 0.3) is 16.6 Å². The molecule has 6 nitrogen and oxygen atoms in total. The first-order valence-electron chi connectivity index (χ1n) is 11.0. The zero-order valence-electron chi connectivity index (χ0n) is 18.9. The largest absolute Gasteiger partial charge is 0.466 e. The molecule has 0 aliphatic heterocycles. The van der Waals surface area contributed by atoms with Crippen LogP contribution in [0.3, 0.4) is 0 Å². The molecular weight excluding hydrogens is 454 g/mol. The van der Waals surface area contributed by atoms with Crippen molar-refractivity contribution in [2.75, 3.05) is 13.2 Å². The second kappa shape index (κ2) is 10.4. The van der Waals surface area contributed by atoms with E-state index in [1.54, 1.807) is 44.2 Å². The minimum atomic E-state index is -0.509. The topological polar surface area (TPSA) is 66.8 Å². The second-order valence-electron chi connectivity index (χ2n) is 7.43. The first-order valence-corrected chi connectivity index (χ1v) is 11.4. The lowest BCUT2D eigenvalue weighted by Crippen LogP contribution is -2.15. The third kappa shape index (κ3) is 4.92. The van der Waals surface area contributed by atoms with Gasteiger partial charge in [-0.25, -0.2) is 4.79 Å². The van der Waals surface area contributed by atoms with Gasteiger partial charge in [-0.3, -0.25) is 4.79 Å². The van der Waals surface area contributed by atoms with Gasteiger partial charge in [-0.1, -0.05) is 29.8 Å². The summed E-state index contributed by atoms with van der Waals surface area (Å²) in [6.07, 6.45) is -0.0844. The van der Waals surface area contributed by atoms with E-state index in [4.69, 9.17) is 25.8 Å². The lowest BCUT2D eigenvalue weighted by atomic mass is 10.1. The predicted octanol–water partition coefficient (Wildman–Crippen LogP) is 6.36. The maximum atomic E-state index is 13.1. The van der Waals surface area contributed by atoms with Crippen molar-refractivity contribution in [3.63, 3.8) is 0 Å². The number of rotatable bonds is 8. The van der Waals surface area contributed by atoms with E-state index in [-0.39, 0.29) is 19.6 Å². The number of benzene rings is 3. The Balaban J connectivity index is 1.92. The Hall–Kier alpha value is -3.77. The molecule has 0 N–H and O–H groups in total. The van der Waals surface area contributed by atoms with Gasteiger partial charge in [0, 0.05) is 21.8 Å². The van der Waals surface area contributed by atoms with Crippen LogP contribution in [0.1, 0.15) is 29.9 Å². The molecule has 4 aromatic rings. The molecule has 0 atom stereocenters. The highest BCUT2D eigenvalue weighted by atomic mass is 35.5. The summed E-state index contributed by atoms with van der Waals surface area (Å²) >= 11 is 5.97. The molecule has 0 aliphatic carbocycles. The average Bonchev–Trinajstić information content (AvgIpc) is 3.14. The Bertz CT molecular complexity index is 1310. The van der Waals surface area contributed by atoms with E-state index in [9.17, 15) is 9.59 Å². The Labute approximate surface area is 202 Å². The van der Waals surface area contributed by atoms with E-state index in [0.29, 0.717) is 33.2 Å². The molecule has 0 amide bonds. The molecule has 7 heteroatoms. The Morgan fingerprint density at radius 2 is 1.53 bits per heavy atom. The Morgan fingerprint density at radius 3 is 2.21 bits per heavy atom. The SMILES string of the molecule is CCOC(=O)Cc1c(C(=O)OCC)c2cc(Oc3ccc(Cl)cc3)ccc2n1-c1ccccc1. The molecule has 0 fully saturated rings. The molecule has 0 aliphatic rings. The van der Waals surface area contributed by atoms with Crippen LogP contribution in [0.15, 0.2) is 72.8 Å². The van der Waals surface area contributed by atoms with Crippen molar-refractivity contribution in [1.29, 1.82) is 0 Å². The Kier molecular flexibility index (Phi) is 7.18. The third-order valence-corrected chi connectivity index (χ3v) is 5.45. The number of hydrogen-bond acceptors (Lipinski definition) is 5. The number of aromatic nitrogens is 1. The van der Waals surface area contributed by atoms with Crippen LogP contribution < -0.4 is 4.74 Å². The zero-order valence-corrected chi connectivity index (χ0v) is 19.7. The number of esters is 2. The van der Waals surface area contributed by atoms with E-state index < -0.39 is 11.9 Å². The number of ether oxygens (including phenoxy) is 3. The van der Waals surface area contributed by atoms with Gasteiger partial charge < -0.3 is 18.8 Å². The van der Waals surface area contributed by atoms with Crippen LogP contribution in [0, 0.1) is 0 Å². The first-order chi connectivity index (χ1) is 16.5. The maximum absolute atomic E-state index is 13.1. The van der Waals surface area contributed by atoms with E-state index >= 15 is 0 Å². The van der Waals surface area contributed by atoms with Gasteiger partial charge in [0.15, 0.2) is 0 Å². The summed E-state index contributed by atoms with van der Waals surface area (Å²) in [6, 6.07) is 22.0. The molecule has 3 aromatic carbocycles. The summed E-state index contributed by atoms with van der Waals surface area (Å²) in [7, 11) is 0. The van der Waals surface area contributed by atoms with Crippen LogP contribution in [0.4, 0.5) is 0 Å². The van der Waals surface area contributed by atoms with Crippen LogP contribution in [-0.4, -0.2) is 29.7 Å². The second-order valence-corrected chi connectivity index (χ2v) is 7.87. The van der Waals surface area contributed by atoms with Crippen LogP contribution in [0.5, 0.6) is 11.5 Å². The highest BCUT2D eigenvalue weighted by molar-refractivity contribution is 6.30. The number of halogens is 1. The fourth-order valence-corrected chi connectivity index (χ4v) is 3.97. The summed E-state index contributed by atoms with van der Waals surface area (Å²) in [5.41, 5.74) is 2.38. The molecule has 1 aromatic heterocycles. The smallest absolute Gasteiger partial charge is 0.340 e. The molecule has 0 saturated carbocycles. The van der Waals surface area contributed by atoms with Gasteiger partial charge in [0.25, 0.3) is 0 Å². The summed E-state index contributed by atoms with van der Waals surface area (Å²) in [5, 5.41) is 1.23. The summed E-state index contributed by atoms with van der Waals surface area (Å²) in [4.78, 5) is 25.6. The van der Waals surface area contributed by atoms with Gasteiger partial charge >= 0.3 is 11.9 Å². The van der Waals surface area contributed by atoms with Crippen molar-refractivity contribution in [3.8, 4) is 17.2 Å². The van der Waals surface area contributed by atoms with Gasteiger partial charge in [-0.15, -0.1) is 0 Å². The quantitative estimate of drug-likeness (QED) is 0.276. The maximum Gasteiger partial charge on any atom is 0.340 e. The van der Waals surface area contributed by atoms with Crippen molar-refractivity contribution < 1.29 is 23.8 Å². The molecule has 0 radical (unpaired) electrons. The van der Waals surface area contributed by atoms with E-state index in [1.165, 1.54) is 0 Å². The van der Waals surface area contributed by atoms with E-state index in [1.807, 2.05) is 47.0 Å². The summed E-state index contributed by atoms with van der Waals surface area (Å²) < 4.78 is 18.5. The standard InChI is InChI=1S/C27H24ClNO5/c1-3-32-25(30)17-24-26(27(31)33-4-2)22-16-21(34-20-12-10-18(28)11-13-20)14-15-23(22)29(24)19-8-6-5-7-9-19/h5-16H,3-4,17H2,1-2H3. The molecule has 4 rings (SSSR count). The molecule has 0 saturated heterocycles. The minimum absolute atomic E-state index is 0.0844. The van der Waals surface area contributed by atoms with Crippen molar-refractivity contribution in [1.82, 2.24) is 4.57 Å². The summed E-state index contributed by atoms with van der Waals surface area (Å²) in [5.74, 6) is 0.208. The van der Waals surface area contributed by atoms with Crippen LogP contribution in [0.2, 0.25) is 5.02 Å². The highest BCUT2D eigenvalue weighted by Gasteiger charge is 2.27. The van der Waals surface area contributed by atoms with Crippen molar-refractivity contribution in [3.05, 3.63) is 89.1 Å². The molecule has 34 heavy (non-hydrogen) atoms. The molecule has 1 heterocycles. The number of carbonyl (C=O) groups excluding carboxylic acids is 2. The van der Waals surface area contributed by atoms with E-state index in [2.05, 4.69) is 0 Å². The number of fused-ring (bicyclic) bond motifs is 1. The fourth-order valence-electron chi connectivity index (χ4n) is 3.84. The zero-order chi connectivity index (χ0) is 24.1. The number of para-hydroxylation sites is 1. The molecular formula is C27H24ClNO5. The van der Waals surface area contributed by atoms with Gasteiger partial charge in [-0.2, -0.15) is 0 Å². The highest BCUT2D eigenvalue weighted by Crippen LogP contribution is 2.35. The van der Waals surface area contributed by atoms with Crippen molar-refractivity contribution >= 4 is 34.4 Å². The number of nitrogens with zero attached hydrogens (tertiary/aromatic N) is 1. The lowest BCUT2D eigenvalue weighted by Gasteiger charge is -2.12. The average molecular weight is 478 g/mol. The number of hydrogen-bond donors (Lipinski definition) is 0. The third-order valence-electron chi connectivity index (χ3n) is 5.20. The number of carbonyl (C=O) groups is 2. The van der Waals surface area contributed by atoms with Crippen LogP contribution >= 0.6 is 11.6 Å². The summed E-state index contributed by atoms with van der Waals surface area (Å²) in [6.45, 7) is 3.94. The molecule has 0 unspecified atom stereocenters. The molecule has 174 valence electrons. The lowest BCUT2D eigenvalue weighted by molar-refractivity contribution is -0.142. The Morgan fingerprint density at radius 1 is 0.853 bits per heavy atom. The van der Waals surface area contributed by atoms with Gasteiger partial charge in [0.2, 0.25) is 0 Å². The van der Waals surface area contributed by atoms with E-state index in [0.717, 1.165) is 11.2 Å². The van der Waals surface area contributed by atoms with Gasteiger partial charge in [0.05, 0.1) is 30.7 Å². The van der Waals surface area contributed by atoms with Crippen LogP contribution in [-0.2, 0) is 20.7 Å². The van der Waals surface area contributed by atoms with Gasteiger partial charge in [-0.05, 0) is 68.4 Å². The van der Waals surface area contributed by atoms with Gasteiger partial charge in [0.1, 0.15) is 11.5 Å². The predicted molar refractivity (Wildman–Crippen MR) is 131 cm³/mol. The molecule has 0 spiro atoms. The monoisotopic (exact) mass is 477 g/mol. The van der Waals surface area contributed by atoms with Crippen molar-refractivity contribution in [2.45, 2.75) is 20.3 Å². The fraction of sp³-hybridized carbons (Fsp3) is 0.185. The first kappa shape index (κ1) is 23.4. The minimum Gasteiger partial charge on any atom is -0.466 e. The van der Waals surface area contributed by atoms with Crippen molar-refractivity contribution in [2.24, 2.45) is 0 Å². The molecule has 0 bridgehead atoms.